The first-order valence-electron chi connectivity index (χ1n) is 3.73. The lowest BCUT2D eigenvalue weighted by Gasteiger charge is -2.04. The Morgan fingerprint density at radius 1 is 1.67 bits per heavy atom. The number of hydrogen-bond acceptors (Lipinski definition) is 0. The van der Waals surface area contributed by atoms with Crippen molar-refractivity contribution in [3.05, 3.63) is 18.2 Å². The molecule has 1 heteroatoms. The van der Waals surface area contributed by atoms with E-state index >= 15 is 0 Å². The van der Waals surface area contributed by atoms with Crippen molar-refractivity contribution in [3.63, 3.8) is 0 Å². The van der Waals surface area contributed by atoms with Gasteiger partial charge in [-0.25, -0.2) is 0 Å². The van der Waals surface area contributed by atoms with E-state index in [4.69, 9.17) is 0 Å². The summed E-state index contributed by atoms with van der Waals surface area (Å²) in [6, 6.07) is 0. The maximum atomic E-state index is 3.71. The van der Waals surface area contributed by atoms with Crippen LogP contribution in [0.4, 0.5) is 0 Å². The first kappa shape index (κ1) is 8.96. The lowest BCUT2D eigenvalue weighted by Crippen LogP contribution is -1.93. The SMILES string of the molecule is C=CC[C]([SiH3])CCCC. The van der Waals surface area contributed by atoms with Gasteiger partial charge in [0.15, 0.2) is 0 Å². The predicted molar refractivity (Wildman–Crippen MR) is 47.5 cm³/mol. The van der Waals surface area contributed by atoms with Crippen LogP contribution in [0.25, 0.3) is 0 Å². The lowest BCUT2D eigenvalue weighted by atomic mass is 10.1. The van der Waals surface area contributed by atoms with Crippen LogP contribution in [0.5, 0.6) is 0 Å². The Hall–Kier alpha value is -0.0431. The van der Waals surface area contributed by atoms with E-state index in [1.807, 2.05) is 6.08 Å². The van der Waals surface area contributed by atoms with Crippen molar-refractivity contribution in [2.24, 2.45) is 0 Å². The average molecular weight is 141 g/mol. The van der Waals surface area contributed by atoms with E-state index in [1.165, 1.54) is 29.5 Å². The molecule has 0 aromatic rings. The molecule has 0 aromatic heterocycles. The topological polar surface area (TPSA) is 0 Å². The maximum absolute atomic E-state index is 3.71. The summed E-state index contributed by atoms with van der Waals surface area (Å²) in [6.45, 7) is 5.95. The van der Waals surface area contributed by atoms with Gasteiger partial charge in [-0.15, -0.1) is 6.58 Å². The fraction of sp³-hybridized carbons (Fsp3) is 0.625. The van der Waals surface area contributed by atoms with Gasteiger partial charge in [-0.2, -0.15) is 0 Å². The fourth-order valence-corrected chi connectivity index (χ4v) is 1.47. The molecule has 0 aliphatic carbocycles. The Labute approximate surface area is 61.8 Å². The molecule has 0 rings (SSSR count). The van der Waals surface area contributed by atoms with Gasteiger partial charge < -0.3 is 0 Å². The summed E-state index contributed by atoms with van der Waals surface area (Å²) in [5.41, 5.74) is 1.70. The van der Waals surface area contributed by atoms with Crippen molar-refractivity contribution < 1.29 is 0 Å². The molecule has 0 atom stereocenters. The molecule has 0 saturated heterocycles. The van der Waals surface area contributed by atoms with E-state index in [0.29, 0.717) is 0 Å². The quantitative estimate of drug-likeness (QED) is 0.403. The Morgan fingerprint density at radius 2 is 2.33 bits per heavy atom. The second kappa shape index (κ2) is 6.08. The van der Waals surface area contributed by atoms with E-state index in [9.17, 15) is 0 Å². The van der Waals surface area contributed by atoms with E-state index in [-0.39, 0.29) is 0 Å². The first-order chi connectivity index (χ1) is 4.31. The van der Waals surface area contributed by atoms with E-state index in [2.05, 4.69) is 13.5 Å². The number of hydrogen-bond donors (Lipinski definition) is 0. The van der Waals surface area contributed by atoms with Crippen LogP contribution in [0.3, 0.4) is 0 Å². The van der Waals surface area contributed by atoms with Crippen LogP contribution in [-0.2, 0) is 0 Å². The molecule has 9 heavy (non-hydrogen) atoms. The summed E-state index contributed by atoms with van der Waals surface area (Å²) in [4.78, 5) is 0. The van der Waals surface area contributed by atoms with Gasteiger partial charge in [-0.05, 0) is 12.0 Å². The van der Waals surface area contributed by atoms with Gasteiger partial charge >= 0.3 is 0 Å². The van der Waals surface area contributed by atoms with Crippen LogP contribution < -0.4 is 0 Å². The highest BCUT2D eigenvalue weighted by atomic mass is 28.1. The van der Waals surface area contributed by atoms with Gasteiger partial charge in [-0.3, -0.25) is 0 Å². The summed E-state index contributed by atoms with van der Waals surface area (Å²) in [5.74, 6) is 0. The molecule has 0 aliphatic heterocycles. The molecule has 0 fully saturated rings. The number of allylic oxidation sites excluding steroid dienone is 1. The van der Waals surface area contributed by atoms with Crippen molar-refractivity contribution >= 4 is 10.2 Å². The van der Waals surface area contributed by atoms with Crippen molar-refractivity contribution in [3.8, 4) is 0 Å². The Kier molecular flexibility index (Phi) is 6.05. The van der Waals surface area contributed by atoms with Crippen molar-refractivity contribution in [1.29, 1.82) is 0 Å². The molecule has 0 spiro atoms. The highest BCUT2D eigenvalue weighted by Gasteiger charge is 1.96. The zero-order chi connectivity index (χ0) is 7.11. The van der Waals surface area contributed by atoms with Crippen molar-refractivity contribution in [2.75, 3.05) is 0 Å². The molecule has 0 aromatic carbocycles. The molecule has 0 bridgehead atoms. The second-order valence-corrected chi connectivity index (χ2v) is 3.97. The van der Waals surface area contributed by atoms with E-state index in [1.54, 1.807) is 5.54 Å². The number of rotatable bonds is 5. The molecule has 0 nitrogen and oxygen atoms in total. The highest BCUT2D eigenvalue weighted by molar-refractivity contribution is 6.18. The largest absolute Gasteiger partial charge is 0.103 e. The van der Waals surface area contributed by atoms with Crippen LogP contribution >= 0.6 is 0 Å². The van der Waals surface area contributed by atoms with E-state index < -0.39 is 0 Å². The summed E-state index contributed by atoms with van der Waals surface area (Å²) < 4.78 is 0. The van der Waals surface area contributed by atoms with Crippen LogP contribution in [0.15, 0.2) is 12.7 Å². The van der Waals surface area contributed by atoms with Gasteiger partial charge in [0, 0.05) is 10.2 Å². The van der Waals surface area contributed by atoms with Gasteiger partial charge in [0.25, 0.3) is 0 Å². The summed E-state index contributed by atoms with van der Waals surface area (Å²) in [6.07, 6.45) is 7.20. The van der Waals surface area contributed by atoms with Crippen LogP contribution in [0.1, 0.15) is 32.6 Å². The Balaban J connectivity index is 3.04. The lowest BCUT2D eigenvalue weighted by molar-refractivity contribution is 0.753. The molecule has 0 aliphatic rings. The van der Waals surface area contributed by atoms with Crippen LogP contribution in [-0.4, -0.2) is 10.2 Å². The maximum Gasteiger partial charge on any atom is 0.0114 e. The van der Waals surface area contributed by atoms with Gasteiger partial charge in [0.05, 0.1) is 0 Å². The Morgan fingerprint density at radius 3 is 2.78 bits per heavy atom. The third-order valence-corrected chi connectivity index (χ3v) is 2.36. The fourth-order valence-electron chi connectivity index (χ4n) is 0.827. The van der Waals surface area contributed by atoms with Crippen molar-refractivity contribution in [2.45, 2.75) is 32.6 Å². The zero-order valence-electron chi connectivity index (χ0n) is 6.61. The minimum atomic E-state index is 1.16. The third-order valence-electron chi connectivity index (χ3n) is 1.45. The molecule has 0 amide bonds. The summed E-state index contributed by atoms with van der Waals surface area (Å²) in [5, 5.41) is 0. The molecular weight excluding hydrogens is 124 g/mol. The highest BCUT2D eigenvalue weighted by Crippen LogP contribution is 2.10. The molecule has 53 valence electrons. The monoisotopic (exact) mass is 141 g/mol. The van der Waals surface area contributed by atoms with Crippen LogP contribution in [0.2, 0.25) is 0 Å². The first-order valence-corrected chi connectivity index (χ1v) is 4.73. The second-order valence-electron chi connectivity index (χ2n) is 2.55. The third kappa shape index (κ3) is 5.83. The Bertz CT molecular complexity index is 69.0. The standard InChI is InChI=1S/C8H17Si/c1-3-5-7-8(9)6-4-2/h4H,2-3,5-7H2,1,9H3. The zero-order valence-corrected chi connectivity index (χ0v) is 8.61. The summed E-state index contributed by atoms with van der Waals surface area (Å²) >= 11 is 0. The van der Waals surface area contributed by atoms with Gasteiger partial charge in [-0.1, -0.05) is 32.3 Å². The molecule has 0 heterocycles. The normalized spacial score (nSPS) is 10.4. The minimum Gasteiger partial charge on any atom is -0.103 e. The number of unbranched alkanes of at least 4 members (excludes halogenated alkanes) is 1. The molecular formula is C8H17Si. The van der Waals surface area contributed by atoms with Gasteiger partial charge in [0.2, 0.25) is 0 Å². The molecule has 0 saturated carbocycles. The smallest absolute Gasteiger partial charge is 0.0114 e. The minimum absolute atomic E-state index is 1.16. The predicted octanol–water partition coefficient (Wildman–Crippen LogP) is 1.65. The average Bonchev–Trinajstić information content (AvgIpc) is 1.85. The van der Waals surface area contributed by atoms with Crippen molar-refractivity contribution in [1.82, 2.24) is 0 Å². The van der Waals surface area contributed by atoms with Crippen LogP contribution in [0, 0.1) is 5.54 Å². The van der Waals surface area contributed by atoms with Gasteiger partial charge in [0.1, 0.15) is 0 Å². The molecule has 1 radical (unpaired) electrons. The molecule has 0 N–H and O–H groups in total. The summed E-state index contributed by atoms with van der Waals surface area (Å²) in [7, 11) is 1.26. The van der Waals surface area contributed by atoms with E-state index in [0.717, 1.165) is 6.42 Å². The molecule has 0 unspecified atom stereocenters.